The van der Waals surface area contributed by atoms with Gasteiger partial charge in [-0.25, -0.2) is 15.0 Å². The smallest absolute Gasteiger partial charge is 0.154 e. The SMILES string of the molecule is CN1CC/C(=C/CCO)c2nc(-c3cnc(-c4cccnc4)s3)cnc21. The first kappa shape index (κ1) is 16.8. The van der Waals surface area contributed by atoms with Gasteiger partial charge in [-0.1, -0.05) is 6.08 Å². The van der Waals surface area contributed by atoms with Gasteiger partial charge in [0, 0.05) is 44.4 Å². The molecule has 3 aromatic rings. The molecule has 1 N–H and O–H groups in total. The van der Waals surface area contributed by atoms with E-state index in [0.29, 0.717) is 6.42 Å². The van der Waals surface area contributed by atoms with E-state index in [1.54, 1.807) is 17.5 Å². The van der Waals surface area contributed by atoms with Crippen LogP contribution in [0.25, 0.3) is 26.7 Å². The van der Waals surface area contributed by atoms with Gasteiger partial charge in [0.15, 0.2) is 5.82 Å². The Labute approximate surface area is 155 Å². The summed E-state index contributed by atoms with van der Waals surface area (Å²) in [5.41, 5.74) is 3.87. The number of thiazole rings is 1. The van der Waals surface area contributed by atoms with Gasteiger partial charge in [-0.05, 0) is 30.5 Å². The molecular weight excluding hydrogens is 346 g/mol. The van der Waals surface area contributed by atoms with E-state index in [-0.39, 0.29) is 6.61 Å². The molecule has 0 fully saturated rings. The quantitative estimate of drug-likeness (QED) is 0.765. The third-order valence-corrected chi connectivity index (χ3v) is 5.39. The molecule has 0 atom stereocenters. The monoisotopic (exact) mass is 365 g/mol. The Hall–Kier alpha value is -2.64. The van der Waals surface area contributed by atoms with Crippen LogP contribution in [0.2, 0.25) is 0 Å². The summed E-state index contributed by atoms with van der Waals surface area (Å²) in [5.74, 6) is 0.890. The van der Waals surface area contributed by atoms with Crippen molar-refractivity contribution in [1.29, 1.82) is 0 Å². The van der Waals surface area contributed by atoms with Crippen LogP contribution in [0.4, 0.5) is 5.82 Å². The zero-order valence-corrected chi connectivity index (χ0v) is 15.3. The van der Waals surface area contributed by atoms with E-state index >= 15 is 0 Å². The largest absolute Gasteiger partial charge is 0.396 e. The maximum absolute atomic E-state index is 9.14. The van der Waals surface area contributed by atoms with E-state index < -0.39 is 0 Å². The van der Waals surface area contributed by atoms with Gasteiger partial charge in [0.2, 0.25) is 0 Å². The van der Waals surface area contributed by atoms with Gasteiger partial charge in [-0.2, -0.15) is 0 Å². The Kier molecular flexibility index (Phi) is 4.73. The molecule has 1 aliphatic rings. The van der Waals surface area contributed by atoms with Crippen molar-refractivity contribution in [3.05, 3.63) is 48.7 Å². The van der Waals surface area contributed by atoms with Crippen LogP contribution in [0, 0.1) is 0 Å². The maximum Gasteiger partial charge on any atom is 0.154 e. The minimum atomic E-state index is 0.144. The lowest BCUT2D eigenvalue weighted by atomic mass is 10.0. The molecule has 0 unspecified atom stereocenters. The van der Waals surface area contributed by atoms with Crippen molar-refractivity contribution >= 4 is 22.7 Å². The van der Waals surface area contributed by atoms with Crippen LogP contribution in [0.5, 0.6) is 0 Å². The van der Waals surface area contributed by atoms with Crippen LogP contribution in [0.1, 0.15) is 18.5 Å². The van der Waals surface area contributed by atoms with Crippen LogP contribution in [0.3, 0.4) is 0 Å². The third kappa shape index (κ3) is 3.23. The van der Waals surface area contributed by atoms with Crippen LogP contribution in [0.15, 0.2) is 43.0 Å². The average molecular weight is 365 g/mol. The van der Waals surface area contributed by atoms with E-state index in [4.69, 9.17) is 10.1 Å². The van der Waals surface area contributed by atoms with Crippen molar-refractivity contribution in [3.63, 3.8) is 0 Å². The molecule has 1 aliphatic heterocycles. The summed E-state index contributed by atoms with van der Waals surface area (Å²) in [5, 5.41) is 10.1. The number of hydrogen-bond acceptors (Lipinski definition) is 7. The minimum Gasteiger partial charge on any atom is -0.396 e. The number of anilines is 1. The Morgan fingerprint density at radius 1 is 1.27 bits per heavy atom. The van der Waals surface area contributed by atoms with Gasteiger partial charge in [0.1, 0.15) is 16.4 Å². The number of aliphatic hydroxyl groups excluding tert-OH is 1. The lowest BCUT2D eigenvalue weighted by molar-refractivity contribution is 0.302. The molecule has 26 heavy (non-hydrogen) atoms. The zero-order valence-electron chi connectivity index (χ0n) is 14.5. The molecule has 3 aromatic heterocycles. The fourth-order valence-corrected chi connectivity index (χ4v) is 3.82. The predicted molar refractivity (Wildman–Crippen MR) is 104 cm³/mol. The van der Waals surface area contributed by atoms with E-state index in [1.165, 1.54) is 0 Å². The van der Waals surface area contributed by atoms with Gasteiger partial charge in [0.25, 0.3) is 0 Å². The van der Waals surface area contributed by atoms with E-state index in [1.807, 2.05) is 37.8 Å². The van der Waals surface area contributed by atoms with E-state index in [9.17, 15) is 0 Å². The van der Waals surface area contributed by atoms with Crippen molar-refractivity contribution in [2.45, 2.75) is 12.8 Å². The molecule has 4 rings (SSSR count). The normalized spacial score (nSPS) is 15.3. The van der Waals surface area contributed by atoms with Crippen molar-refractivity contribution in [3.8, 4) is 21.1 Å². The Morgan fingerprint density at radius 3 is 3.00 bits per heavy atom. The molecule has 7 heteroatoms. The standard InChI is InChI=1S/C19H19N5OS/c1-24-8-6-13(5-3-9-25)17-18(24)21-11-15(23-17)16-12-22-19(26-16)14-4-2-7-20-10-14/h2,4-5,7,10-12,25H,3,6,8-9H2,1H3/b13-5-. The number of fused-ring (bicyclic) bond motifs is 1. The number of aliphatic hydroxyl groups is 1. The predicted octanol–water partition coefficient (Wildman–Crippen LogP) is 3.27. The van der Waals surface area contributed by atoms with Crippen molar-refractivity contribution in [2.24, 2.45) is 0 Å². The topological polar surface area (TPSA) is 75.0 Å². The Balaban J connectivity index is 1.72. The first-order chi connectivity index (χ1) is 12.8. The highest BCUT2D eigenvalue weighted by Gasteiger charge is 2.22. The summed E-state index contributed by atoms with van der Waals surface area (Å²) in [6.07, 6.45) is 10.8. The van der Waals surface area contributed by atoms with E-state index in [0.717, 1.165) is 51.2 Å². The Bertz CT molecular complexity index is 938. The van der Waals surface area contributed by atoms with Crippen molar-refractivity contribution in [1.82, 2.24) is 19.9 Å². The maximum atomic E-state index is 9.14. The van der Waals surface area contributed by atoms with Crippen molar-refractivity contribution in [2.75, 3.05) is 25.1 Å². The molecule has 0 saturated carbocycles. The number of hydrogen-bond donors (Lipinski definition) is 1. The molecule has 0 saturated heterocycles. The number of pyridine rings is 1. The molecule has 0 aliphatic carbocycles. The molecule has 0 bridgehead atoms. The summed E-state index contributed by atoms with van der Waals surface area (Å²) in [7, 11) is 2.03. The van der Waals surface area contributed by atoms with Crippen molar-refractivity contribution < 1.29 is 5.11 Å². The summed E-state index contributed by atoms with van der Waals surface area (Å²) in [6.45, 7) is 1.05. The number of nitrogens with zero attached hydrogens (tertiary/aromatic N) is 5. The second-order valence-corrected chi connectivity index (χ2v) is 7.14. The molecule has 0 radical (unpaired) electrons. The number of aromatic nitrogens is 4. The highest BCUT2D eigenvalue weighted by Crippen LogP contribution is 2.35. The average Bonchev–Trinajstić information content (AvgIpc) is 3.18. The lowest BCUT2D eigenvalue weighted by Crippen LogP contribution is -2.26. The summed E-state index contributed by atoms with van der Waals surface area (Å²) in [4.78, 5) is 21.3. The van der Waals surface area contributed by atoms with Gasteiger partial charge in [0.05, 0.1) is 11.1 Å². The fraction of sp³-hybridized carbons (Fsp3) is 0.263. The second-order valence-electron chi connectivity index (χ2n) is 6.11. The van der Waals surface area contributed by atoms with Crippen LogP contribution in [-0.4, -0.2) is 45.2 Å². The molecule has 0 spiro atoms. The summed E-state index contributed by atoms with van der Waals surface area (Å²) >= 11 is 1.58. The fourth-order valence-electron chi connectivity index (χ4n) is 2.96. The van der Waals surface area contributed by atoms with Gasteiger partial charge in [-0.15, -0.1) is 11.3 Å². The van der Waals surface area contributed by atoms with Gasteiger partial charge < -0.3 is 10.0 Å². The molecule has 0 amide bonds. The third-order valence-electron chi connectivity index (χ3n) is 4.32. The first-order valence-corrected chi connectivity index (χ1v) is 9.33. The minimum absolute atomic E-state index is 0.144. The lowest BCUT2D eigenvalue weighted by Gasteiger charge is -2.27. The molecular formula is C19H19N5OS. The van der Waals surface area contributed by atoms with E-state index in [2.05, 4.69) is 25.9 Å². The molecule has 6 nitrogen and oxygen atoms in total. The highest BCUT2D eigenvalue weighted by molar-refractivity contribution is 7.18. The molecule has 0 aromatic carbocycles. The zero-order chi connectivity index (χ0) is 17.9. The molecule has 4 heterocycles. The Morgan fingerprint density at radius 2 is 2.19 bits per heavy atom. The summed E-state index contributed by atoms with van der Waals surface area (Å²) in [6, 6.07) is 3.90. The van der Waals surface area contributed by atoms with Gasteiger partial charge in [-0.3, -0.25) is 4.98 Å². The van der Waals surface area contributed by atoms with Crippen LogP contribution >= 0.6 is 11.3 Å². The van der Waals surface area contributed by atoms with Crippen LogP contribution < -0.4 is 4.90 Å². The first-order valence-electron chi connectivity index (χ1n) is 8.51. The van der Waals surface area contributed by atoms with Gasteiger partial charge >= 0.3 is 0 Å². The second kappa shape index (κ2) is 7.31. The highest BCUT2D eigenvalue weighted by atomic mass is 32.1. The molecule has 132 valence electrons. The number of rotatable bonds is 4. The summed E-state index contributed by atoms with van der Waals surface area (Å²) < 4.78 is 0. The van der Waals surface area contributed by atoms with Crippen LogP contribution in [-0.2, 0) is 0 Å².